The zero-order chi connectivity index (χ0) is 17.1. The van der Waals surface area contributed by atoms with Crippen molar-refractivity contribution < 1.29 is 4.79 Å². The quantitative estimate of drug-likeness (QED) is 0.922. The van der Waals surface area contributed by atoms with E-state index in [9.17, 15) is 9.59 Å². The summed E-state index contributed by atoms with van der Waals surface area (Å²) in [4.78, 5) is 26.7. The number of nitrogens with two attached hydrogens (primary N) is 1. The first-order chi connectivity index (χ1) is 11.6. The van der Waals surface area contributed by atoms with E-state index in [-0.39, 0.29) is 17.5 Å². The summed E-state index contributed by atoms with van der Waals surface area (Å²) in [6.45, 7) is 1.51. The van der Waals surface area contributed by atoms with E-state index in [1.807, 2.05) is 18.2 Å². The van der Waals surface area contributed by atoms with E-state index in [0.29, 0.717) is 30.2 Å². The third kappa shape index (κ3) is 3.37. The van der Waals surface area contributed by atoms with E-state index in [2.05, 4.69) is 0 Å². The van der Waals surface area contributed by atoms with Crippen LogP contribution in [-0.2, 0) is 6.54 Å². The van der Waals surface area contributed by atoms with Gasteiger partial charge in [0.25, 0.3) is 11.5 Å². The summed E-state index contributed by atoms with van der Waals surface area (Å²) >= 11 is 6.17. The number of carbonyl (C=O) groups excluding carboxylic acids is 1. The maximum absolute atomic E-state index is 12.7. The van der Waals surface area contributed by atoms with Gasteiger partial charge in [-0.25, -0.2) is 0 Å². The molecule has 5 nitrogen and oxygen atoms in total. The highest BCUT2D eigenvalue weighted by Crippen LogP contribution is 2.19. The standard InChI is InChI=1S/C18H20ClN3O2/c19-16-6-2-1-4-13(16)11-21-12-14(7-8-17(21)23)18(24)22-9-3-5-15(22)10-20/h1-2,4,6-8,12,15H,3,5,9-11,20H2. The molecule has 2 heterocycles. The number of benzene rings is 1. The van der Waals surface area contributed by atoms with Crippen LogP contribution in [0.1, 0.15) is 28.8 Å². The number of pyridine rings is 1. The lowest BCUT2D eigenvalue weighted by molar-refractivity contribution is 0.0740. The topological polar surface area (TPSA) is 68.3 Å². The first-order valence-corrected chi connectivity index (χ1v) is 8.43. The minimum atomic E-state index is -0.164. The van der Waals surface area contributed by atoms with Crippen molar-refractivity contribution in [1.82, 2.24) is 9.47 Å². The van der Waals surface area contributed by atoms with E-state index in [0.717, 1.165) is 18.4 Å². The first kappa shape index (κ1) is 16.7. The van der Waals surface area contributed by atoms with Crippen LogP contribution in [0, 0.1) is 0 Å². The lowest BCUT2D eigenvalue weighted by Crippen LogP contribution is -2.40. The summed E-state index contributed by atoms with van der Waals surface area (Å²) in [7, 11) is 0. The van der Waals surface area contributed by atoms with Crippen LogP contribution < -0.4 is 11.3 Å². The van der Waals surface area contributed by atoms with Crippen LogP contribution >= 0.6 is 11.6 Å². The Balaban J connectivity index is 1.88. The zero-order valence-electron chi connectivity index (χ0n) is 13.3. The number of nitrogens with zero attached hydrogens (tertiary/aromatic N) is 2. The summed E-state index contributed by atoms with van der Waals surface area (Å²) in [6.07, 6.45) is 3.51. The number of rotatable bonds is 4. The molecule has 1 atom stereocenters. The predicted octanol–water partition coefficient (Wildman–Crippen LogP) is 2.11. The molecule has 0 spiro atoms. The monoisotopic (exact) mass is 345 g/mol. The zero-order valence-corrected chi connectivity index (χ0v) is 14.1. The molecular weight excluding hydrogens is 326 g/mol. The average Bonchev–Trinajstić information content (AvgIpc) is 3.07. The average molecular weight is 346 g/mol. The van der Waals surface area contributed by atoms with Crippen molar-refractivity contribution >= 4 is 17.5 Å². The Labute approximate surface area is 145 Å². The maximum atomic E-state index is 12.7. The maximum Gasteiger partial charge on any atom is 0.255 e. The Hall–Kier alpha value is -2.11. The molecule has 0 aliphatic carbocycles. The molecule has 1 aromatic heterocycles. The SMILES string of the molecule is NCC1CCCN1C(=O)c1ccc(=O)n(Cc2ccccc2Cl)c1. The highest BCUT2D eigenvalue weighted by Gasteiger charge is 2.28. The Morgan fingerprint density at radius 1 is 1.25 bits per heavy atom. The Kier molecular flexibility index (Phi) is 5.02. The minimum Gasteiger partial charge on any atom is -0.334 e. The Morgan fingerprint density at radius 2 is 2.04 bits per heavy atom. The molecule has 0 bridgehead atoms. The van der Waals surface area contributed by atoms with E-state index in [4.69, 9.17) is 17.3 Å². The van der Waals surface area contributed by atoms with Gasteiger partial charge >= 0.3 is 0 Å². The van der Waals surface area contributed by atoms with Gasteiger partial charge in [0.15, 0.2) is 0 Å². The summed E-state index contributed by atoms with van der Waals surface area (Å²) in [5.74, 6) is -0.0733. The molecule has 2 N–H and O–H groups in total. The second-order valence-corrected chi connectivity index (χ2v) is 6.41. The molecule has 126 valence electrons. The van der Waals surface area contributed by atoms with Crippen LogP contribution in [0.4, 0.5) is 0 Å². The van der Waals surface area contributed by atoms with Crippen LogP contribution in [0.2, 0.25) is 5.02 Å². The summed E-state index contributed by atoms with van der Waals surface area (Å²) in [5, 5.41) is 0.601. The van der Waals surface area contributed by atoms with Gasteiger partial charge in [-0.05, 0) is 30.5 Å². The normalized spacial score (nSPS) is 17.2. The molecule has 2 aromatic rings. The molecule has 24 heavy (non-hydrogen) atoms. The number of hydrogen-bond acceptors (Lipinski definition) is 3. The third-order valence-corrected chi connectivity index (χ3v) is 4.81. The van der Waals surface area contributed by atoms with Crippen LogP contribution in [0.5, 0.6) is 0 Å². The first-order valence-electron chi connectivity index (χ1n) is 8.05. The fraction of sp³-hybridized carbons (Fsp3) is 0.333. The van der Waals surface area contributed by atoms with Gasteiger partial charge in [-0.15, -0.1) is 0 Å². The van der Waals surface area contributed by atoms with Gasteiger partial charge in [0.2, 0.25) is 0 Å². The van der Waals surface area contributed by atoms with Gasteiger partial charge in [0, 0.05) is 36.4 Å². The number of aromatic nitrogens is 1. The largest absolute Gasteiger partial charge is 0.334 e. The van der Waals surface area contributed by atoms with Crippen LogP contribution in [0.25, 0.3) is 0 Å². The summed E-state index contributed by atoms with van der Waals surface area (Å²) < 4.78 is 1.52. The number of carbonyl (C=O) groups is 1. The molecule has 1 aliphatic rings. The highest BCUT2D eigenvalue weighted by molar-refractivity contribution is 6.31. The van der Waals surface area contributed by atoms with Gasteiger partial charge < -0.3 is 15.2 Å². The van der Waals surface area contributed by atoms with Crippen molar-refractivity contribution in [3.05, 3.63) is 69.1 Å². The highest BCUT2D eigenvalue weighted by atomic mass is 35.5. The van der Waals surface area contributed by atoms with Crippen molar-refractivity contribution in [2.24, 2.45) is 5.73 Å². The van der Waals surface area contributed by atoms with E-state index < -0.39 is 0 Å². The molecule has 0 saturated carbocycles. The molecule has 0 radical (unpaired) electrons. The molecular formula is C18H20ClN3O2. The van der Waals surface area contributed by atoms with Gasteiger partial charge in [-0.3, -0.25) is 9.59 Å². The third-order valence-electron chi connectivity index (χ3n) is 4.44. The van der Waals surface area contributed by atoms with Gasteiger partial charge in [0.05, 0.1) is 12.1 Å². The van der Waals surface area contributed by atoms with Crippen molar-refractivity contribution in [2.45, 2.75) is 25.4 Å². The number of halogens is 1. The van der Waals surface area contributed by atoms with Crippen molar-refractivity contribution in [2.75, 3.05) is 13.1 Å². The lowest BCUT2D eigenvalue weighted by atomic mass is 10.2. The fourth-order valence-corrected chi connectivity index (χ4v) is 3.30. The summed E-state index contributed by atoms with van der Waals surface area (Å²) in [6, 6.07) is 10.5. The molecule has 1 aliphatic heterocycles. The number of amides is 1. The van der Waals surface area contributed by atoms with Crippen molar-refractivity contribution in [3.8, 4) is 0 Å². The minimum absolute atomic E-state index is 0.0733. The van der Waals surface area contributed by atoms with Crippen LogP contribution in [-0.4, -0.2) is 34.5 Å². The number of hydrogen-bond donors (Lipinski definition) is 1. The van der Waals surface area contributed by atoms with Gasteiger partial charge in [-0.1, -0.05) is 29.8 Å². The van der Waals surface area contributed by atoms with Gasteiger partial charge in [-0.2, -0.15) is 0 Å². The fourth-order valence-electron chi connectivity index (χ4n) is 3.11. The van der Waals surface area contributed by atoms with E-state index in [1.165, 1.54) is 10.6 Å². The molecule has 1 fully saturated rings. The van der Waals surface area contributed by atoms with E-state index in [1.54, 1.807) is 23.2 Å². The van der Waals surface area contributed by atoms with Crippen molar-refractivity contribution in [3.63, 3.8) is 0 Å². The van der Waals surface area contributed by atoms with Crippen LogP contribution in [0.3, 0.4) is 0 Å². The molecule has 1 aromatic carbocycles. The smallest absolute Gasteiger partial charge is 0.255 e. The number of likely N-dealkylation sites (tertiary alicyclic amines) is 1. The predicted molar refractivity (Wildman–Crippen MR) is 94.4 cm³/mol. The molecule has 6 heteroatoms. The Morgan fingerprint density at radius 3 is 2.79 bits per heavy atom. The van der Waals surface area contributed by atoms with Crippen LogP contribution in [0.15, 0.2) is 47.4 Å². The molecule has 3 rings (SSSR count). The van der Waals surface area contributed by atoms with Gasteiger partial charge in [0.1, 0.15) is 0 Å². The van der Waals surface area contributed by atoms with E-state index >= 15 is 0 Å². The molecule has 1 amide bonds. The lowest BCUT2D eigenvalue weighted by Gasteiger charge is -2.23. The van der Waals surface area contributed by atoms with Crippen molar-refractivity contribution in [1.29, 1.82) is 0 Å². The second kappa shape index (κ2) is 7.20. The molecule has 1 saturated heterocycles. The second-order valence-electron chi connectivity index (χ2n) is 6.01. The molecule has 1 unspecified atom stereocenters. The Bertz CT molecular complexity index is 803. The summed E-state index contributed by atoms with van der Waals surface area (Å²) in [5.41, 5.74) is 6.93.